The van der Waals surface area contributed by atoms with Crippen molar-refractivity contribution in [1.82, 2.24) is 24.8 Å². The third kappa shape index (κ3) is 3.50. The lowest BCUT2D eigenvalue weighted by Gasteiger charge is -2.37. The summed E-state index contributed by atoms with van der Waals surface area (Å²) in [6.07, 6.45) is 5.59. The van der Waals surface area contributed by atoms with Gasteiger partial charge >= 0.3 is 0 Å². The highest BCUT2D eigenvalue weighted by Crippen LogP contribution is 2.36. The van der Waals surface area contributed by atoms with E-state index < -0.39 is 5.91 Å². The Hall–Kier alpha value is -3.71. The van der Waals surface area contributed by atoms with Crippen LogP contribution in [0, 0.1) is 11.3 Å². The number of nitrogens with one attached hydrogen (secondary N) is 1. The summed E-state index contributed by atoms with van der Waals surface area (Å²) in [5.41, 5.74) is 7.10. The van der Waals surface area contributed by atoms with E-state index in [1.807, 2.05) is 30.3 Å². The van der Waals surface area contributed by atoms with Gasteiger partial charge in [-0.05, 0) is 38.1 Å². The van der Waals surface area contributed by atoms with Crippen molar-refractivity contribution < 1.29 is 4.79 Å². The summed E-state index contributed by atoms with van der Waals surface area (Å²) in [5, 5.41) is 13.8. The molecule has 10 nitrogen and oxygen atoms in total. The molecule has 3 N–H and O–H groups in total. The van der Waals surface area contributed by atoms with Gasteiger partial charge < -0.3 is 25.4 Å². The van der Waals surface area contributed by atoms with Crippen LogP contribution in [0.5, 0.6) is 0 Å². The van der Waals surface area contributed by atoms with Gasteiger partial charge in [0.15, 0.2) is 0 Å². The average molecular weight is 432 g/mol. The molecule has 1 aliphatic carbocycles. The summed E-state index contributed by atoms with van der Waals surface area (Å²) in [5.74, 6) is 0.857. The average Bonchev–Trinajstić information content (AvgIpc) is 3.16. The zero-order valence-electron chi connectivity index (χ0n) is 17.9. The maximum atomic E-state index is 11.4. The van der Waals surface area contributed by atoms with Gasteiger partial charge in [0.2, 0.25) is 5.95 Å². The van der Waals surface area contributed by atoms with Crippen LogP contribution in [0.25, 0.3) is 11.0 Å². The molecular weight excluding hydrogens is 406 g/mol. The van der Waals surface area contributed by atoms with E-state index in [0.717, 1.165) is 42.8 Å². The van der Waals surface area contributed by atoms with Crippen molar-refractivity contribution in [3.05, 3.63) is 41.9 Å². The van der Waals surface area contributed by atoms with Crippen LogP contribution in [0.4, 0.5) is 11.8 Å². The third-order valence-electron chi connectivity index (χ3n) is 6.48. The molecule has 0 atom stereocenters. The number of hydrogen-bond acceptors (Lipinski definition) is 8. The van der Waals surface area contributed by atoms with Crippen LogP contribution < -0.4 is 20.9 Å². The van der Waals surface area contributed by atoms with Crippen LogP contribution >= 0.6 is 0 Å². The minimum Gasteiger partial charge on any atom is -0.364 e. The van der Waals surface area contributed by atoms with Gasteiger partial charge in [-0.3, -0.25) is 4.79 Å². The monoisotopic (exact) mass is 431 g/mol. The molecule has 0 unspecified atom stereocenters. The Bertz CT molecular complexity index is 1200. The van der Waals surface area contributed by atoms with Crippen LogP contribution in [-0.2, 0) is 0 Å². The molecule has 32 heavy (non-hydrogen) atoms. The van der Waals surface area contributed by atoms with E-state index in [9.17, 15) is 10.1 Å². The number of anilines is 2. The second-order valence-electron chi connectivity index (χ2n) is 8.29. The van der Waals surface area contributed by atoms with E-state index in [0.29, 0.717) is 36.7 Å². The van der Waals surface area contributed by atoms with Gasteiger partial charge in [0.1, 0.15) is 23.2 Å². The smallest absolute Gasteiger partial charge is 0.267 e. The summed E-state index contributed by atoms with van der Waals surface area (Å²) in [7, 11) is 1.99. The number of fused-ring (bicyclic) bond motifs is 1. The lowest BCUT2D eigenvalue weighted by molar-refractivity contribution is 0.0995. The normalized spacial score (nSPS) is 20.8. The molecule has 1 amide bonds. The summed E-state index contributed by atoms with van der Waals surface area (Å²) in [6.45, 7) is 2.91. The number of nitrogens with two attached hydrogens (primary N) is 1. The number of pyridine rings is 1. The Labute approximate surface area is 185 Å². The maximum absolute atomic E-state index is 11.4. The second kappa shape index (κ2) is 8.09. The largest absolute Gasteiger partial charge is 0.364 e. The number of carbonyl (C=O) groups excluding carboxylic acids is 1. The molecule has 0 radical (unpaired) electrons. The molecule has 1 saturated heterocycles. The zero-order valence-corrected chi connectivity index (χ0v) is 17.9. The van der Waals surface area contributed by atoms with Gasteiger partial charge in [-0.25, -0.2) is 15.0 Å². The fourth-order valence-corrected chi connectivity index (χ4v) is 4.48. The summed E-state index contributed by atoms with van der Waals surface area (Å²) in [4.78, 5) is 29.2. The summed E-state index contributed by atoms with van der Waals surface area (Å²) in [6, 6.07) is 8.72. The number of piperazine rings is 1. The SMILES string of the molecule is CN[C@H]1C[C@H](n2cc(C#N)c3ccc(N4CCN(c5nccc(C(N)=O)n5)CC4)nc32)C1. The molecule has 3 aromatic rings. The van der Waals surface area contributed by atoms with E-state index >= 15 is 0 Å². The van der Waals surface area contributed by atoms with Crippen LogP contribution in [0.2, 0.25) is 0 Å². The number of nitrogens with zero attached hydrogens (tertiary/aromatic N) is 7. The molecule has 1 saturated carbocycles. The molecule has 5 rings (SSSR count). The summed E-state index contributed by atoms with van der Waals surface area (Å²) >= 11 is 0. The molecule has 164 valence electrons. The van der Waals surface area contributed by atoms with Gasteiger partial charge in [0, 0.05) is 56.0 Å². The van der Waals surface area contributed by atoms with Crippen LogP contribution in [0.1, 0.15) is 34.9 Å². The number of primary amides is 1. The van der Waals surface area contributed by atoms with Crippen LogP contribution in [-0.4, -0.2) is 64.7 Å². The molecule has 4 heterocycles. The number of amides is 1. The van der Waals surface area contributed by atoms with Crippen LogP contribution in [0.3, 0.4) is 0 Å². The van der Waals surface area contributed by atoms with Crippen molar-refractivity contribution in [2.75, 3.05) is 43.0 Å². The quantitative estimate of drug-likeness (QED) is 0.613. The molecule has 2 fully saturated rings. The van der Waals surface area contributed by atoms with Crippen molar-refractivity contribution in [1.29, 1.82) is 5.26 Å². The van der Waals surface area contributed by atoms with Crippen molar-refractivity contribution in [2.45, 2.75) is 24.9 Å². The maximum Gasteiger partial charge on any atom is 0.267 e. The van der Waals surface area contributed by atoms with Crippen LogP contribution in [0.15, 0.2) is 30.6 Å². The highest BCUT2D eigenvalue weighted by molar-refractivity contribution is 5.90. The van der Waals surface area contributed by atoms with E-state index in [4.69, 9.17) is 10.7 Å². The lowest BCUT2D eigenvalue weighted by Crippen LogP contribution is -2.47. The molecule has 10 heteroatoms. The standard InChI is InChI=1S/C22H25N9O/c1-25-15-10-16(11-15)31-13-14(12-23)17-2-3-19(28-21(17)31)29-6-8-30(9-7-29)22-26-5-4-18(27-22)20(24)32/h2-5,13,15-16,25H,6-11H2,1H3,(H2,24,32)/t15-,16-. The molecule has 1 aliphatic heterocycles. The predicted octanol–water partition coefficient (Wildman–Crippen LogP) is 1.05. The fourth-order valence-electron chi connectivity index (χ4n) is 4.48. The number of aromatic nitrogens is 4. The van der Waals surface area contributed by atoms with Gasteiger partial charge in [0.05, 0.1) is 5.56 Å². The first kappa shape index (κ1) is 20.2. The Kier molecular flexibility index (Phi) is 5.11. The second-order valence-corrected chi connectivity index (χ2v) is 8.29. The first-order valence-corrected chi connectivity index (χ1v) is 10.8. The Morgan fingerprint density at radius 1 is 1.16 bits per heavy atom. The van der Waals surface area contributed by atoms with Crippen molar-refractivity contribution in [3.8, 4) is 6.07 Å². The summed E-state index contributed by atoms with van der Waals surface area (Å²) < 4.78 is 2.17. The molecule has 0 aromatic carbocycles. The van der Waals surface area contributed by atoms with Crippen molar-refractivity contribution in [3.63, 3.8) is 0 Å². The minimum atomic E-state index is -0.558. The first-order valence-electron chi connectivity index (χ1n) is 10.8. The van der Waals surface area contributed by atoms with Gasteiger partial charge in [-0.2, -0.15) is 5.26 Å². The molecule has 3 aromatic heterocycles. The highest BCUT2D eigenvalue weighted by atomic mass is 16.1. The minimum absolute atomic E-state index is 0.218. The Morgan fingerprint density at radius 2 is 1.91 bits per heavy atom. The highest BCUT2D eigenvalue weighted by Gasteiger charge is 2.31. The topological polar surface area (TPSA) is 129 Å². The first-order chi connectivity index (χ1) is 15.6. The molecule has 2 aliphatic rings. The Morgan fingerprint density at radius 3 is 2.59 bits per heavy atom. The molecular formula is C22H25N9O. The number of carbonyl (C=O) groups is 1. The van der Waals surface area contributed by atoms with E-state index in [1.165, 1.54) is 6.07 Å². The van der Waals surface area contributed by atoms with E-state index in [2.05, 4.69) is 30.8 Å². The number of rotatable bonds is 5. The Balaban J connectivity index is 1.35. The molecule has 0 spiro atoms. The van der Waals surface area contributed by atoms with Gasteiger partial charge in [-0.1, -0.05) is 0 Å². The van der Waals surface area contributed by atoms with Gasteiger partial charge in [-0.15, -0.1) is 0 Å². The number of hydrogen-bond donors (Lipinski definition) is 2. The third-order valence-corrected chi connectivity index (χ3v) is 6.48. The van der Waals surface area contributed by atoms with Crippen molar-refractivity contribution >= 4 is 28.7 Å². The molecule has 0 bridgehead atoms. The van der Waals surface area contributed by atoms with E-state index in [-0.39, 0.29) is 5.69 Å². The lowest BCUT2D eigenvalue weighted by atomic mass is 9.87. The predicted molar refractivity (Wildman–Crippen MR) is 121 cm³/mol. The van der Waals surface area contributed by atoms with Crippen molar-refractivity contribution in [2.24, 2.45) is 5.73 Å². The van der Waals surface area contributed by atoms with E-state index in [1.54, 1.807) is 6.20 Å². The zero-order chi connectivity index (χ0) is 22.2. The van der Waals surface area contributed by atoms with Gasteiger partial charge in [0.25, 0.3) is 5.91 Å². The fraction of sp³-hybridized carbons (Fsp3) is 0.409. The number of nitriles is 1.